The molecule has 0 saturated heterocycles. The average Bonchev–Trinajstić information content (AvgIpc) is 2.37. The van der Waals surface area contributed by atoms with E-state index in [4.69, 9.17) is 10.00 Å². The van der Waals surface area contributed by atoms with Crippen molar-refractivity contribution in [2.45, 2.75) is 26.2 Å². The van der Waals surface area contributed by atoms with Crippen molar-refractivity contribution < 1.29 is 4.74 Å². The van der Waals surface area contributed by atoms with E-state index in [9.17, 15) is 0 Å². The summed E-state index contributed by atoms with van der Waals surface area (Å²) in [7, 11) is 3.80. The fraction of sp³-hybridized carbons (Fsp3) is 0.533. The van der Waals surface area contributed by atoms with Gasteiger partial charge in [-0.3, -0.25) is 0 Å². The van der Waals surface area contributed by atoms with Crippen LogP contribution in [0.15, 0.2) is 18.2 Å². The molecule has 0 unspecified atom stereocenters. The van der Waals surface area contributed by atoms with Crippen LogP contribution < -0.4 is 4.74 Å². The Bertz CT molecular complexity index is 409. The highest BCUT2D eigenvalue weighted by Crippen LogP contribution is 2.18. The highest BCUT2D eigenvalue weighted by molar-refractivity contribution is 5.36. The molecule has 0 bridgehead atoms. The third kappa shape index (κ3) is 4.77. The lowest BCUT2D eigenvalue weighted by Crippen LogP contribution is -2.22. The monoisotopic (exact) mass is 246 g/mol. The highest BCUT2D eigenvalue weighted by atomic mass is 16.5. The molecule has 0 heterocycles. The molecule has 0 aromatic heterocycles. The first-order valence-corrected chi connectivity index (χ1v) is 6.36. The summed E-state index contributed by atoms with van der Waals surface area (Å²) in [6.45, 7) is 4.08. The largest absolute Gasteiger partial charge is 0.496 e. The van der Waals surface area contributed by atoms with Gasteiger partial charge in [-0.05, 0) is 50.6 Å². The maximum absolute atomic E-state index is 8.49. The van der Waals surface area contributed by atoms with Crippen molar-refractivity contribution in [3.63, 3.8) is 0 Å². The lowest BCUT2D eigenvalue weighted by molar-refractivity contribution is 0.335. The summed E-state index contributed by atoms with van der Waals surface area (Å²) in [5.41, 5.74) is 2.52. The van der Waals surface area contributed by atoms with E-state index in [1.165, 1.54) is 11.1 Å². The molecule has 0 atom stereocenters. The SMILES string of the molecule is COc1ccc(CCN(C)CCCC#N)cc1C. The molecule has 98 valence electrons. The van der Waals surface area contributed by atoms with Gasteiger partial charge < -0.3 is 9.64 Å². The molecule has 3 nitrogen and oxygen atoms in total. The van der Waals surface area contributed by atoms with Gasteiger partial charge in [0, 0.05) is 13.0 Å². The van der Waals surface area contributed by atoms with E-state index in [1.54, 1.807) is 7.11 Å². The molecule has 0 saturated carbocycles. The van der Waals surface area contributed by atoms with Gasteiger partial charge in [-0.2, -0.15) is 5.26 Å². The summed E-state index contributed by atoms with van der Waals surface area (Å²) in [5.74, 6) is 0.945. The van der Waals surface area contributed by atoms with E-state index in [1.807, 2.05) is 6.07 Å². The molecule has 0 radical (unpaired) electrons. The molecular formula is C15H22N2O. The lowest BCUT2D eigenvalue weighted by Gasteiger charge is -2.16. The predicted molar refractivity (Wildman–Crippen MR) is 73.8 cm³/mol. The van der Waals surface area contributed by atoms with Crippen molar-refractivity contribution in [3.8, 4) is 11.8 Å². The third-order valence-corrected chi connectivity index (χ3v) is 3.07. The van der Waals surface area contributed by atoms with Crippen LogP contribution >= 0.6 is 0 Å². The number of unbranched alkanes of at least 4 members (excludes halogenated alkanes) is 1. The van der Waals surface area contributed by atoms with Gasteiger partial charge in [-0.15, -0.1) is 0 Å². The molecule has 0 aliphatic carbocycles. The summed E-state index contributed by atoms with van der Waals surface area (Å²) in [5, 5.41) is 8.49. The van der Waals surface area contributed by atoms with Crippen molar-refractivity contribution in [2.75, 3.05) is 27.2 Å². The number of hydrogen-bond acceptors (Lipinski definition) is 3. The summed E-state index contributed by atoms with van der Waals surface area (Å²) >= 11 is 0. The van der Waals surface area contributed by atoms with Crippen LogP contribution in [-0.4, -0.2) is 32.1 Å². The van der Waals surface area contributed by atoms with Crippen LogP contribution in [0.2, 0.25) is 0 Å². The number of benzene rings is 1. The maximum atomic E-state index is 8.49. The van der Waals surface area contributed by atoms with Crippen molar-refractivity contribution >= 4 is 0 Å². The number of hydrogen-bond donors (Lipinski definition) is 0. The quantitative estimate of drug-likeness (QED) is 0.694. The van der Waals surface area contributed by atoms with Crippen LogP contribution in [0.3, 0.4) is 0 Å². The molecule has 3 heteroatoms. The Labute approximate surface area is 110 Å². The van der Waals surface area contributed by atoms with Crippen LogP contribution in [-0.2, 0) is 6.42 Å². The smallest absolute Gasteiger partial charge is 0.121 e. The van der Waals surface area contributed by atoms with Gasteiger partial charge in [-0.1, -0.05) is 12.1 Å². The second-order valence-corrected chi connectivity index (χ2v) is 4.62. The summed E-state index contributed by atoms with van der Waals surface area (Å²) in [4.78, 5) is 2.27. The highest BCUT2D eigenvalue weighted by Gasteiger charge is 2.02. The number of nitrogens with zero attached hydrogens (tertiary/aromatic N) is 2. The Morgan fingerprint density at radius 1 is 1.33 bits per heavy atom. The van der Waals surface area contributed by atoms with Gasteiger partial charge in [-0.25, -0.2) is 0 Å². The van der Waals surface area contributed by atoms with E-state index in [-0.39, 0.29) is 0 Å². The van der Waals surface area contributed by atoms with Crippen molar-refractivity contribution in [1.82, 2.24) is 4.90 Å². The van der Waals surface area contributed by atoms with Crippen LogP contribution in [0.5, 0.6) is 5.75 Å². The van der Waals surface area contributed by atoms with Gasteiger partial charge in [0.2, 0.25) is 0 Å². The molecule has 0 amide bonds. The van der Waals surface area contributed by atoms with Crippen LogP contribution in [0.4, 0.5) is 0 Å². The average molecular weight is 246 g/mol. The maximum Gasteiger partial charge on any atom is 0.121 e. The number of likely N-dealkylation sites (N-methyl/N-ethyl adjacent to an activating group) is 1. The zero-order chi connectivity index (χ0) is 13.4. The van der Waals surface area contributed by atoms with Gasteiger partial charge in [0.1, 0.15) is 5.75 Å². The number of ether oxygens (including phenoxy) is 1. The van der Waals surface area contributed by atoms with E-state index in [2.05, 4.69) is 37.1 Å². The molecule has 0 aliphatic rings. The van der Waals surface area contributed by atoms with E-state index >= 15 is 0 Å². The third-order valence-electron chi connectivity index (χ3n) is 3.07. The standard InChI is InChI=1S/C15H22N2O/c1-13-12-14(6-7-15(13)18-3)8-11-17(2)10-5-4-9-16/h6-7,12H,4-5,8,10-11H2,1-3H3. The van der Waals surface area contributed by atoms with E-state index in [0.29, 0.717) is 6.42 Å². The zero-order valence-electron chi connectivity index (χ0n) is 11.6. The number of methoxy groups -OCH3 is 1. The molecule has 0 N–H and O–H groups in total. The molecule has 0 aliphatic heterocycles. The predicted octanol–water partition coefficient (Wildman–Crippen LogP) is 2.78. The van der Waals surface area contributed by atoms with Gasteiger partial charge in [0.05, 0.1) is 13.2 Å². The second-order valence-electron chi connectivity index (χ2n) is 4.62. The molecule has 1 aromatic rings. The number of nitriles is 1. The normalized spacial score (nSPS) is 10.4. The van der Waals surface area contributed by atoms with E-state index in [0.717, 1.165) is 31.7 Å². The minimum atomic E-state index is 0.645. The minimum absolute atomic E-state index is 0.645. The van der Waals surface area contributed by atoms with Gasteiger partial charge in [0.25, 0.3) is 0 Å². The fourth-order valence-electron chi connectivity index (χ4n) is 1.96. The number of aryl methyl sites for hydroxylation is 1. The summed E-state index contributed by atoms with van der Waals surface area (Å²) in [6.07, 6.45) is 2.63. The van der Waals surface area contributed by atoms with Crippen molar-refractivity contribution in [3.05, 3.63) is 29.3 Å². The van der Waals surface area contributed by atoms with Crippen LogP contribution in [0.1, 0.15) is 24.0 Å². The van der Waals surface area contributed by atoms with Crippen LogP contribution in [0, 0.1) is 18.3 Å². The Kier molecular flexibility index (Phi) is 6.24. The molecule has 0 spiro atoms. The van der Waals surface area contributed by atoms with Crippen molar-refractivity contribution in [2.24, 2.45) is 0 Å². The first-order valence-electron chi connectivity index (χ1n) is 6.36. The first-order chi connectivity index (χ1) is 8.67. The topological polar surface area (TPSA) is 36.3 Å². The Morgan fingerprint density at radius 3 is 2.72 bits per heavy atom. The van der Waals surface area contributed by atoms with Gasteiger partial charge >= 0.3 is 0 Å². The van der Waals surface area contributed by atoms with Crippen LogP contribution in [0.25, 0.3) is 0 Å². The molecule has 1 rings (SSSR count). The Balaban J connectivity index is 2.39. The second kappa shape index (κ2) is 7.73. The first kappa shape index (κ1) is 14.5. The van der Waals surface area contributed by atoms with Crippen molar-refractivity contribution in [1.29, 1.82) is 5.26 Å². The minimum Gasteiger partial charge on any atom is -0.496 e. The summed E-state index contributed by atoms with van der Waals surface area (Å²) in [6, 6.07) is 8.51. The lowest BCUT2D eigenvalue weighted by atomic mass is 10.1. The van der Waals surface area contributed by atoms with E-state index < -0.39 is 0 Å². The Hall–Kier alpha value is -1.53. The molecule has 0 fully saturated rings. The molecule has 18 heavy (non-hydrogen) atoms. The Morgan fingerprint density at radius 2 is 2.11 bits per heavy atom. The summed E-state index contributed by atoms with van der Waals surface area (Å²) < 4.78 is 5.25. The van der Waals surface area contributed by atoms with Gasteiger partial charge in [0.15, 0.2) is 0 Å². The fourth-order valence-corrected chi connectivity index (χ4v) is 1.96. The molecule has 1 aromatic carbocycles. The zero-order valence-corrected chi connectivity index (χ0v) is 11.6. The molecular weight excluding hydrogens is 224 g/mol. The number of rotatable bonds is 7.